The third-order valence-electron chi connectivity index (χ3n) is 3.85. The summed E-state index contributed by atoms with van der Waals surface area (Å²) >= 11 is 0. The van der Waals surface area contributed by atoms with Gasteiger partial charge in [-0.2, -0.15) is 4.31 Å². The number of carbonyl (C=O) groups excluding carboxylic acids is 1. The third-order valence-corrected chi connectivity index (χ3v) is 5.88. The molecule has 0 saturated carbocycles. The number of anilines is 1. The van der Waals surface area contributed by atoms with E-state index in [2.05, 4.69) is 5.32 Å². The lowest BCUT2D eigenvalue weighted by Crippen LogP contribution is -2.41. The largest absolute Gasteiger partial charge is 0.444 e. The number of benzene rings is 1. The molecule has 1 amide bonds. The number of nitrogens with zero attached hydrogens (tertiary/aromatic N) is 1. The van der Waals surface area contributed by atoms with Crippen LogP contribution in [0.4, 0.5) is 10.5 Å². The Hall–Kier alpha value is -1.60. The highest BCUT2D eigenvalue weighted by Crippen LogP contribution is 2.26. The molecule has 7 heteroatoms. The van der Waals surface area contributed by atoms with E-state index in [1.807, 2.05) is 6.92 Å². The molecule has 1 aromatic carbocycles. The predicted octanol–water partition coefficient (Wildman–Crippen LogP) is 3.60. The summed E-state index contributed by atoms with van der Waals surface area (Å²) in [5.41, 5.74) is -0.0903. The number of amides is 1. The summed E-state index contributed by atoms with van der Waals surface area (Å²) in [7, 11) is -3.50. The molecule has 2 rings (SSSR count). The van der Waals surface area contributed by atoms with Gasteiger partial charge in [0.25, 0.3) is 0 Å². The second kappa shape index (κ2) is 7.11. The third kappa shape index (κ3) is 4.70. The minimum absolute atomic E-state index is 0.0170. The van der Waals surface area contributed by atoms with E-state index in [1.54, 1.807) is 37.2 Å². The zero-order valence-electron chi connectivity index (χ0n) is 14.7. The van der Waals surface area contributed by atoms with Crippen LogP contribution in [0, 0.1) is 0 Å². The van der Waals surface area contributed by atoms with Crippen LogP contribution in [0.2, 0.25) is 0 Å². The highest BCUT2D eigenvalue weighted by molar-refractivity contribution is 7.89. The van der Waals surface area contributed by atoms with Crippen LogP contribution in [0.3, 0.4) is 0 Å². The zero-order valence-corrected chi connectivity index (χ0v) is 15.5. The minimum Gasteiger partial charge on any atom is -0.444 e. The van der Waals surface area contributed by atoms with Crippen molar-refractivity contribution in [2.45, 2.75) is 63.5 Å². The number of sulfonamides is 1. The minimum atomic E-state index is -3.50. The van der Waals surface area contributed by atoms with E-state index in [4.69, 9.17) is 4.74 Å². The van der Waals surface area contributed by atoms with E-state index in [0.29, 0.717) is 12.2 Å². The molecule has 1 atom stereocenters. The van der Waals surface area contributed by atoms with Gasteiger partial charge >= 0.3 is 6.09 Å². The van der Waals surface area contributed by atoms with E-state index >= 15 is 0 Å². The van der Waals surface area contributed by atoms with Gasteiger partial charge in [-0.15, -0.1) is 0 Å². The average molecular weight is 354 g/mol. The summed E-state index contributed by atoms with van der Waals surface area (Å²) in [5.74, 6) is 0. The molecule has 1 saturated heterocycles. The highest BCUT2D eigenvalue weighted by Gasteiger charge is 2.30. The Morgan fingerprint density at radius 2 is 1.83 bits per heavy atom. The van der Waals surface area contributed by atoms with Gasteiger partial charge in [0, 0.05) is 18.3 Å². The number of hydrogen-bond acceptors (Lipinski definition) is 4. The first-order chi connectivity index (χ1) is 11.1. The Balaban J connectivity index is 2.10. The Bertz CT molecular complexity index is 678. The first-order valence-electron chi connectivity index (χ1n) is 8.21. The molecule has 0 radical (unpaired) electrons. The molecule has 134 valence electrons. The summed E-state index contributed by atoms with van der Waals surface area (Å²) in [5, 5.41) is 2.60. The fraction of sp³-hybridized carbons (Fsp3) is 0.588. The van der Waals surface area contributed by atoms with Crippen LogP contribution < -0.4 is 5.32 Å². The van der Waals surface area contributed by atoms with Gasteiger partial charge in [0.15, 0.2) is 0 Å². The van der Waals surface area contributed by atoms with Crippen molar-refractivity contribution in [1.29, 1.82) is 0 Å². The molecule has 1 aromatic rings. The summed E-state index contributed by atoms with van der Waals surface area (Å²) < 4.78 is 32.2. The molecule has 1 aliphatic rings. The van der Waals surface area contributed by atoms with E-state index < -0.39 is 21.7 Å². The van der Waals surface area contributed by atoms with Crippen molar-refractivity contribution in [2.75, 3.05) is 11.9 Å². The maximum atomic E-state index is 12.7. The molecular formula is C17H26N2O4S. The average Bonchev–Trinajstić information content (AvgIpc) is 2.46. The fourth-order valence-electron chi connectivity index (χ4n) is 2.70. The highest BCUT2D eigenvalue weighted by atomic mass is 32.2. The molecule has 1 fully saturated rings. The van der Waals surface area contributed by atoms with Gasteiger partial charge in [-0.1, -0.05) is 6.42 Å². The van der Waals surface area contributed by atoms with Crippen molar-refractivity contribution in [2.24, 2.45) is 0 Å². The Labute approximate surface area is 144 Å². The summed E-state index contributed by atoms with van der Waals surface area (Å²) in [6.07, 6.45) is 2.27. The van der Waals surface area contributed by atoms with E-state index in [-0.39, 0.29) is 10.9 Å². The maximum Gasteiger partial charge on any atom is 0.412 e. The number of rotatable bonds is 3. The second-order valence-electron chi connectivity index (χ2n) is 7.11. The van der Waals surface area contributed by atoms with Crippen molar-refractivity contribution in [3.05, 3.63) is 24.3 Å². The number of piperidine rings is 1. The Kier molecular flexibility index (Phi) is 5.55. The summed E-state index contributed by atoms with van der Waals surface area (Å²) in [6, 6.07) is 6.20. The monoisotopic (exact) mass is 354 g/mol. The molecule has 0 aliphatic carbocycles. The molecule has 1 aliphatic heterocycles. The zero-order chi connectivity index (χ0) is 18.0. The van der Waals surface area contributed by atoms with Crippen LogP contribution in [0.25, 0.3) is 0 Å². The first-order valence-corrected chi connectivity index (χ1v) is 9.65. The van der Waals surface area contributed by atoms with Crippen molar-refractivity contribution < 1.29 is 17.9 Å². The molecule has 0 aromatic heterocycles. The van der Waals surface area contributed by atoms with Crippen LogP contribution in [-0.2, 0) is 14.8 Å². The van der Waals surface area contributed by atoms with Gasteiger partial charge in [0.2, 0.25) is 10.0 Å². The van der Waals surface area contributed by atoms with Gasteiger partial charge < -0.3 is 4.74 Å². The van der Waals surface area contributed by atoms with Crippen molar-refractivity contribution in [1.82, 2.24) is 4.31 Å². The first kappa shape index (κ1) is 18.7. The van der Waals surface area contributed by atoms with Gasteiger partial charge in [0.05, 0.1) is 4.90 Å². The lowest BCUT2D eigenvalue weighted by atomic mass is 10.1. The van der Waals surface area contributed by atoms with Gasteiger partial charge in [-0.25, -0.2) is 13.2 Å². The van der Waals surface area contributed by atoms with Crippen molar-refractivity contribution in [3.63, 3.8) is 0 Å². The van der Waals surface area contributed by atoms with Crippen molar-refractivity contribution in [3.8, 4) is 0 Å². The molecule has 1 N–H and O–H groups in total. The molecule has 0 bridgehead atoms. The predicted molar refractivity (Wildman–Crippen MR) is 93.5 cm³/mol. The van der Waals surface area contributed by atoms with Crippen LogP contribution in [0.1, 0.15) is 47.0 Å². The van der Waals surface area contributed by atoms with Crippen LogP contribution in [-0.4, -0.2) is 37.0 Å². The molecule has 6 nitrogen and oxygen atoms in total. The lowest BCUT2D eigenvalue weighted by Gasteiger charge is -2.32. The van der Waals surface area contributed by atoms with E-state index in [0.717, 1.165) is 19.3 Å². The van der Waals surface area contributed by atoms with Crippen LogP contribution >= 0.6 is 0 Å². The molecule has 24 heavy (non-hydrogen) atoms. The molecular weight excluding hydrogens is 328 g/mol. The smallest absolute Gasteiger partial charge is 0.412 e. The number of ether oxygens (including phenoxy) is 1. The molecule has 1 heterocycles. The second-order valence-corrected chi connectivity index (χ2v) is 9.00. The molecule has 0 spiro atoms. The number of hydrogen-bond donors (Lipinski definition) is 1. The summed E-state index contributed by atoms with van der Waals surface area (Å²) in [4.78, 5) is 12.0. The Morgan fingerprint density at radius 1 is 1.21 bits per heavy atom. The number of nitrogens with one attached hydrogen (secondary N) is 1. The van der Waals surface area contributed by atoms with E-state index in [1.165, 1.54) is 12.1 Å². The number of carbonyl (C=O) groups is 1. The van der Waals surface area contributed by atoms with Gasteiger partial charge in [-0.05, 0) is 64.8 Å². The van der Waals surface area contributed by atoms with E-state index in [9.17, 15) is 13.2 Å². The quantitative estimate of drug-likeness (QED) is 0.900. The van der Waals surface area contributed by atoms with Gasteiger partial charge in [-0.3, -0.25) is 5.32 Å². The van der Waals surface area contributed by atoms with Crippen molar-refractivity contribution >= 4 is 21.8 Å². The lowest BCUT2D eigenvalue weighted by molar-refractivity contribution is 0.0636. The Morgan fingerprint density at radius 3 is 2.38 bits per heavy atom. The fourth-order valence-corrected chi connectivity index (χ4v) is 4.40. The normalized spacial score (nSPS) is 19.8. The van der Waals surface area contributed by atoms with Gasteiger partial charge in [0.1, 0.15) is 5.60 Å². The van der Waals surface area contributed by atoms with Crippen LogP contribution in [0.15, 0.2) is 29.2 Å². The summed E-state index contributed by atoms with van der Waals surface area (Å²) in [6.45, 7) is 7.84. The van der Waals surface area contributed by atoms with Crippen LogP contribution in [0.5, 0.6) is 0 Å². The SMILES string of the molecule is CC1CCCCN1S(=O)(=O)c1ccc(NC(=O)OC(C)(C)C)cc1. The topological polar surface area (TPSA) is 75.7 Å². The molecule has 1 unspecified atom stereocenters. The maximum absolute atomic E-state index is 12.7. The standard InChI is InChI=1S/C17H26N2O4S/c1-13-7-5-6-12-19(13)24(21,22)15-10-8-14(9-11-15)18-16(20)23-17(2,3)4/h8-11,13H,5-7,12H2,1-4H3,(H,18,20).